The van der Waals surface area contributed by atoms with E-state index in [1.54, 1.807) is 0 Å². The van der Waals surface area contributed by atoms with Gasteiger partial charge in [-0.15, -0.1) is 0 Å². The number of hydrogen-bond donors (Lipinski definition) is 2. The number of benzene rings is 2. The molecular weight excluding hydrogens is 422 g/mol. The minimum atomic E-state index is -0.00760. The van der Waals surface area contributed by atoms with Crippen molar-refractivity contribution in [2.24, 2.45) is 5.92 Å². The summed E-state index contributed by atoms with van der Waals surface area (Å²) in [5, 5.41) is 12.6. The van der Waals surface area contributed by atoms with Crippen LogP contribution in [0.15, 0.2) is 48.5 Å². The van der Waals surface area contributed by atoms with Gasteiger partial charge in [-0.2, -0.15) is 0 Å². The molecule has 1 heterocycles. The number of aliphatic hydroxyl groups is 1. The molecule has 3 aromatic rings. The van der Waals surface area contributed by atoms with Gasteiger partial charge in [0.15, 0.2) is 5.82 Å². The molecule has 1 amide bonds. The Morgan fingerprint density at radius 1 is 0.971 bits per heavy atom. The molecule has 2 aliphatic carbocycles. The topological polar surface area (TPSA) is 75.1 Å². The Hall–Kier alpha value is -3.05. The summed E-state index contributed by atoms with van der Waals surface area (Å²) in [5.41, 5.74) is 7.23. The lowest BCUT2D eigenvalue weighted by atomic mass is 9.85. The number of carbonyl (C=O) groups excluding carboxylic acids is 1. The number of nitrogens with zero attached hydrogens (tertiary/aromatic N) is 2. The highest BCUT2D eigenvalue weighted by atomic mass is 16.3. The van der Waals surface area contributed by atoms with Crippen LogP contribution >= 0.6 is 0 Å². The molecule has 2 aromatic carbocycles. The van der Waals surface area contributed by atoms with E-state index in [2.05, 4.69) is 29.6 Å². The molecule has 0 unspecified atom stereocenters. The van der Waals surface area contributed by atoms with Crippen LogP contribution < -0.4 is 5.32 Å². The van der Waals surface area contributed by atoms with Crippen LogP contribution in [0.1, 0.15) is 66.6 Å². The minimum Gasteiger partial charge on any atom is -0.392 e. The summed E-state index contributed by atoms with van der Waals surface area (Å²) in [5.74, 6) is 1.24. The van der Waals surface area contributed by atoms with Gasteiger partial charge in [0.2, 0.25) is 5.91 Å². The molecule has 1 saturated carbocycles. The fourth-order valence-corrected chi connectivity index (χ4v) is 5.34. The van der Waals surface area contributed by atoms with Crippen LogP contribution in [0.25, 0.3) is 11.3 Å². The van der Waals surface area contributed by atoms with Crippen molar-refractivity contribution in [3.8, 4) is 11.3 Å². The first kappa shape index (κ1) is 22.7. The Balaban J connectivity index is 1.42. The van der Waals surface area contributed by atoms with E-state index in [1.807, 2.05) is 24.3 Å². The van der Waals surface area contributed by atoms with E-state index in [-0.39, 0.29) is 12.5 Å². The second-order valence-corrected chi connectivity index (χ2v) is 9.71. The Bertz CT molecular complexity index is 1150. The molecule has 2 aliphatic rings. The average Bonchev–Trinajstić information content (AvgIpc) is 2.88. The first-order valence-corrected chi connectivity index (χ1v) is 12.7. The number of hydrogen-bond acceptors (Lipinski definition) is 4. The summed E-state index contributed by atoms with van der Waals surface area (Å²) >= 11 is 0. The van der Waals surface area contributed by atoms with Gasteiger partial charge in [0.05, 0.1) is 23.7 Å². The largest absolute Gasteiger partial charge is 0.392 e. The second kappa shape index (κ2) is 10.5. The molecule has 0 saturated heterocycles. The van der Waals surface area contributed by atoms with Crippen LogP contribution in [-0.4, -0.2) is 21.0 Å². The zero-order valence-electron chi connectivity index (χ0n) is 19.7. The summed E-state index contributed by atoms with van der Waals surface area (Å²) in [4.78, 5) is 23.0. The SMILES string of the molecule is O=C(CCc1ccccc1)Nc1nc2c(nc1CC1CCCCC1)-c1ccc(CO)cc1CC2. The van der Waals surface area contributed by atoms with E-state index in [0.717, 1.165) is 53.0 Å². The number of rotatable bonds is 7. The standard InChI is InChI=1S/C29H33N3O2/c33-19-22-11-14-24-23(17-22)13-15-25-28(24)30-26(18-21-9-5-2-6-10-21)29(31-25)32-27(34)16-12-20-7-3-1-4-8-20/h1,3-4,7-8,11,14,17,21,33H,2,5-6,9-10,12-13,15-16,18-19H2,(H,31,32,34). The zero-order chi connectivity index (χ0) is 23.3. The quantitative estimate of drug-likeness (QED) is 0.498. The van der Waals surface area contributed by atoms with Crippen molar-refractivity contribution >= 4 is 11.7 Å². The Morgan fingerprint density at radius 2 is 1.79 bits per heavy atom. The predicted molar refractivity (Wildman–Crippen MR) is 134 cm³/mol. The van der Waals surface area contributed by atoms with Crippen LogP contribution in [0.2, 0.25) is 0 Å². The normalized spacial score (nSPS) is 15.4. The number of fused-ring (bicyclic) bond motifs is 3. The third-order valence-corrected chi connectivity index (χ3v) is 7.23. The van der Waals surface area contributed by atoms with Gasteiger partial charge in [-0.3, -0.25) is 4.79 Å². The molecule has 0 aliphatic heterocycles. The fourth-order valence-electron chi connectivity index (χ4n) is 5.34. The number of aliphatic hydroxyl groups excluding tert-OH is 1. The highest BCUT2D eigenvalue weighted by Gasteiger charge is 2.24. The number of nitrogens with one attached hydrogen (secondary N) is 1. The smallest absolute Gasteiger partial charge is 0.225 e. The van der Waals surface area contributed by atoms with Crippen LogP contribution in [-0.2, 0) is 37.1 Å². The van der Waals surface area contributed by atoms with Gasteiger partial charge in [-0.25, -0.2) is 9.97 Å². The summed E-state index contributed by atoms with van der Waals surface area (Å²) in [6, 6.07) is 16.2. The molecule has 0 radical (unpaired) electrons. The summed E-state index contributed by atoms with van der Waals surface area (Å²) in [6.07, 6.45) is 9.96. The molecule has 0 atom stereocenters. The Labute approximate surface area is 201 Å². The van der Waals surface area contributed by atoms with Crippen LogP contribution in [0.4, 0.5) is 5.82 Å². The van der Waals surface area contributed by atoms with Gasteiger partial charge in [-0.05, 0) is 48.3 Å². The molecule has 0 spiro atoms. The van der Waals surface area contributed by atoms with E-state index in [9.17, 15) is 9.90 Å². The third kappa shape index (κ3) is 5.20. The highest BCUT2D eigenvalue weighted by molar-refractivity contribution is 5.90. The molecule has 176 valence electrons. The maximum Gasteiger partial charge on any atom is 0.225 e. The monoisotopic (exact) mass is 455 g/mol. The van der Waals surface area contributed by atoms with Crippen molar-refractivity contribution in [3.05, 3.63) is 76.6 Å². The van der Waals surface area contributed by atoms with E-state index < -0.39 is 0 Å². The second-order valence-electron chi connectivity index (χ2n) is 9.71. The Morgan fingerprint density at radius 3 is 2.59 bits per heavy atom. The molecule has 5 heteroatoms. The van der Waals surface area contributed by atoms with Gasteiger partial charge in [0.1, 0.15) is 0 Å². The van der Waals surface area contributed by atoms with E-state index in [1.165, 1.54) is 37.7 Å². The van der Waals surface area contributed by atoms with Gasteiger partial charge in [-0.1, -0.05) is 80.6 Å². The maximum atomic E-state index is 12.9. The van der Waals surface area contributed by atoms with Crippen molar-refractivity contribution < 1.29 is 9.90 Å². The van der Waals surface area contributed by atoms with Crippen molar-refractivity contribution in [3.63, 3.8) is 0 Å². The van der Waals surface area contributed by atoms with Crippen molar-refractivity contribution in [1.29, 1.82) is 0 Å². The molecule has 2 N–H and O–H groups in total. The maximum absolute atomic E-state index is 12.9. The molecule has 5 nitrogen and oxygen atoms in total. The van der Waals surface area contributed by atoms with Gasteiger partial charge in [0.25, 0.3) is 0 Å². The van der Waals surface area contributed by atoms with E-state index >= 15 is 0 Å². The number of amides is 1. The molecule has 5 rings (SSSR count). The summed E-state index contributed by atoms with van der Waals surface area (Å²) in [7, 11) is 0. The molecule has 0 bridgehead atoms. The van der Waals surface area contributed by atoms with Gasteiger partial charge in [0, 0.05) is 12.0 Å². The predicted octanol–water partition coefficient (Wildman–Crippen LogP) is 5.43. The first-order chi connectivity index (χ1) is 16.7. The van der Waals surface area contributed by atoms with Crippen molar-refractivity contribution in [1.82, 2.24) is 9.97 Å². The van der Waals surface area contributed by atoms with Gasteiger partial charge < -0.3 is 10.4 Å². The Kier molecular flexibility index (Phi) is 7.00. The lowest BCUT2D eigenvalue weighted by Gasteiger charge is -2.25. The van der Waals surface area contributed by atoms with Crippen LogP contribution in [0, 0.1) is 5.92 Å². The number of carbonyl (C=O) groups is 1. The van der Waals surface area contributed by atoms with Crippen molar-refractivity contribution in [2.45, 2.75) is 70.8 Å². The molecule has 1 fully saturated rings. The highest BCUT2D eigenvalue weighted by Crippen LogP contribution is 2.35. The average molecular weight is 456 g/mol. The van der Waals surface area contributed by atoms with Gasteiger partial charge >= 0.3 is 0 Å². The number of aryl methyl sites for hydroxylation is 3. The lowest BCUT2D eigenvalue weighted by molar-refractivity contribution is -0.116. The van der Waals surface area contributed by atoms with Crippen LogP contribution in [0.5, 0.6) is 0 Å². The molecular formula is C29H33N3O2. The fraction of sp³-hybridized carbons (Fsp3) is 0.414. The molecule has 1 aromatic heterocycles. The van der Waals surface area contributed by atoms with Crippen molar-refractivity contribution in [2.75, 3.05) is 5.32 Å². The zero-order valence-corrected chi connectivity index (χ0v) is 19.7. The molecule has 34 heavy (non-hydrogen) atoms. The summed E-state index contributed by atoms with van der Waals surface area (Å²) in [6.45, 7) is 0.0483. The minimum absolute atomic E-state index is 0.00760. The number of aromatic nitrogens is 2. The summed E-state index contributed by atoms with van der Waals surface area (Å²) < 4.78 is 0. The van der Waals surface area contributed by atoms with E-state index in [4.69, 9.17) is 9.97 Å². The van der Waals surface area contributed by atoms with Crippen LogP contribution in [0.3, 0.4) is 0 Å². The lowest BCUT2D eigenvalue weighted by Crippen LogP contribution is -2.20. The van der Waals surface area contributed by atoms with E-state index in [0.29, 0.717) is 24.6 Å². The third-order valence-electron chi connectivity index (χ3n) is 7.23. The first-order valence-electron chi connectivity index (χ1n) is 12.7. The number of anilines is 1.